The maximum absolute atomic E-state index is 11.4. The molecule has 2 amide bonds. The van der Waals surface area contributed by atoms with Crippen LogP contribution in [0.2, 0.25) is 0 Å². The summed E-state index contributed by atoms with van der Waals surface area (Å²) >= 11 is 0. The lowest BCUT2D eigenvalue weighted by Gasteiger charge is -2.14. The Hall–Kier alpha value is -1.10. The van der Waals surface area contributed by atoms with Crippen molar-refractivity contribution < 1.29 is 9.59 Å². The topological polar surface area (TPSA) is 70.2 Å². The van der Waals surface area contributed by atoms with Gasteiger partial charge in [0.25, 0.3) is 0 Å². The van der Waals surface area contributed by atoms with Crippen molar-refractivity contribution in [3.8, 4) is 0 Å². The van der Waals surface area contributed by atoms with E-state index >= 15 is 0 Å². The van der Waals surface area contributed by atoms with E-state index in [1.165, 1.54) is 6.92 Å². The van der Waals surface area contributed by atoms with E-state index in [0.717, 1.165) is 25.8 Å². The molecule has 1 atom stereocenters. The van der Waals surface area contributed by atoms with Gasteiger partial charge in [-0.25, -0.2) is 0 Å². The van der Waals surface area contributed by atoms with Crippen molar-refractivity contribution in [2.75, 3.05) is 13.2 Å². The SMILES string of the molecule is CC(=O)NCNC1CCCCNC1=O. The molecule has 1 saturated heterocycles. The van der Waals surface area contributed by atoms with E-state index in [-0.39, 0.29) is 17.9 Å². The summed E-state index contributed by atoms with van der Waals surface area (Å²) < 4.78 is 0. The minimum Gasteiger partial charge on any atom is -0.355 e. The molecule has 1 heterocycles. The third-order valence-electron chi connectivity index (χ3n) is 2.22. The molecular formula is C9H17N3O2. The van der Waals surface area contributed by atoms with Crippen molar-refractivity contribution >= 4 is 11.8 Å². The molecule has 0 aromatic carbocycles. The molecule has 1 unspecified atom stereocenters. The van der Waals surface area contributed by atoms with Crippen molar-refractivity contribution in [3.63, 3.8) is 0 Å². The third kappa shape index (κ3) is 3.74. The van der Waals surface area contributed by atoms with Crippen LogP contribution in [0.1, 0.15) is 26.2 Å². The number of hydrogen-bond donors (Lipinski definition) is 3. The number of carbonyl (C=O) groups excluding carboxylic acids is 2. The standard InChI is InChI=1S/C9H17N3O2/c1-7(13)11-6-12-8-4-2-3-5-10-9(8)14/h8,12H,2-6H2,1H3,(H,10,14)(H,11,13). The largest absolute Gasteiger partial charge is 0.355 e. The van der Waals surface area contributed by atoms with Crippen molar-refractivity contribution in [1.29, 1.82) is 0 Å². The van der Waals surface area contributed by atoms with Gasteiger partial charge in [0.15, 0.2) is 0 Å². The van der Waals surface area contributed by atoms with Gasteiger partial charge in [-0.3, -0.25) is 14.9 Å². The molecule has 14 heavy (non-hydrogen) atoms. The second-order valence-corrected chi connectivity index (χ2v) is 3.45. The predicted octanol–water partition coefficient (Wildman–Crippen LogP) is -0.662. The van der Waals surface area contributed by atoms with Crippen LogP contribution in [0.15, 0.2) is 0 Å². The fourth-order valence-electron chi connectivity index (χ4n) is 1.43. The highest BCUT2D eigenvalue weighted by Crippen LogP contribution is 2.04. The van der Waals surface area contributed by atoms with Gasteiger partial charge < -0.3 is 10.6 Å². The lowest BCUT2D eigenvalue weighted by atomic mass is 10.1. The van der Waals surface area contributed by atoms with Crippen LogP contribution >= 0.6 is 0 Å². The van der Waals surface area contributed by atoms with Crippen molar-refractivity contribution in [2.24, 2.45) is 0 Å². The van der Waals surface area contributed by atoms with E-state index < -0.39 is 0 Å². The molecule has 0 aromatic heterocycles. The fourth-order valence-corrected chi connectivity index (χ4v) is 1.43. The Morgan fingerprint density at radius 2 is 2.36 bits per heavy atom. The lowest BCUT2D eigenvalue weighted by Crippen LogP contribution is -2.46. The molecule has 0 spiro atoms. The summed E-state index contributed by atoms with van der Waals surface area (Å²) in [5.74, 6) is -0.0561. The molecule has 0 saturated carbocycles. The van der Waals surface area contributed by atoms with Crippen LogP contribution in [0.25, 0.3) is 0 Å². The summed E-state index contributed by atoms with van der Waals surface area (Å²) in [5, 5.41) is 8.42. The van der Waals surface area contributed by atoms with Crippen LogP contribution in [0, 0.1) is 0 Å². The first kappa shape index (κ1) is 11.0. The quantitative estimate of drug-likeness (QED) is 0.528. The predicted molar refractivity (Wildman–Crippen MR) is 52.5 cm³/mol. The van der Waals surface area contributed by atoms with E-state index in [1.807, 2.05) is 0 Å². The van der Waals surface area contributed by atoms with E-state index in [0.29, 0.717) is 6.67 Å². The summed E-state index contributed by atoms with van der Waals surface area (Å²) in [6.07, 6.45) is 2.91. The second-order valence-electron chi connectivity index (χ2n) is 3.45. The average molecular weight is 199 g/mol. The first-order valence-electron chi connectivity index (χ1n) is 4.95. The minimum atomic E-state index is -0.163. The van der Waals surface area contributed by atoms with Gasteiger partial charge in [0, 0.05) is 13.5 Å². The Kier molecular flexibility index (Phi) is 4.39. The average Bonchev–Trinajstić information content (AvgIpc) is 2.31. The van der Waals surface area contributed by atoms with Crippen LogP contribution in [-0.2, 0) is 9.59 Å². The molecule has 1 fully saturated rings. The Morgan fingerprint density at radius 3 is 3.07 bits per heavy atom. The highest BCUT2D eigenvalue weighted by Gasteiger charge is 2.19. The maximum Gasteiger partial charge on any atom is 0.237 e. The van der Waals surface area contributed by atoms with E-state index in [2.05, 4.69) is 16.0 Å². The molecule has 1 aliphatic rings. The molecule has 5 heteroatoms. The van der Waals surface area contributed by atoms with Gasteiger partial charge in [0.2, 0.25) is 11.8 Å². The Bertz CT molecular complexity index is 218. The maximum atomic E-state index is 11.4. The molecule has 5 nitrogen and oxygen atoms in total. The summed E-state index contributed by atoms with van der Waals surface area (Å²) in [5.41, 5.74) is 0. The van der Waals surface area contributed by atoms with Crippen LogP contribution in [0.4, 0.5) is 0 Å². The molecule has 80 valence electrons. The van der Waals surface area contributed by atoms with Crippen molar-refractivity contribution in [1.82, 2.24) is 16.0 Å². The number of amides is 2. The van der Waals surface area contributed by atoms with Gasteiger partial charge in [-0.2, -0.15) is 0 Å². The van der Waals surface area contributed by atoms with Gasteiger partial charge in [0.05, 0.1) is 12.7 Å². The minimum absolute atomic E-state index is 0.0350. The summed E-state index contributed by atoms with van der Waals surface area (Å²) in [7, 11) is 0. The van der Waals surface area contributed by atoms with Crippen LogP contribution < -0.4 is 16.0 Å². The van der Waals surface area contributed by atoms with Gasteiger partial charge >= 0.3 is 0 Å². The smallest absolute Gasteiger partial charge is 0.237 e. The Labute approximate surface area is 83.6 Å². The zero-order chi connectivity index (χ0) is 10.4. The summed E-state index contributed by atoms with van der Waals surface area (Å²) in [6, 6.07) is -0.163. The zero-order valence-corrected chi connectivity index (χ0v) is 8.43. The third-order valence-corrected chi connectivity index (χ3v) is 2.22. The van der Waals surface area contributed by atoms with Gasteiger partial charge in [0.1, 0.15) is 0 Å². The Morgan fingerprint density at radius 1 is 1.57 bits per heavy atom. The highest BCUT2D eigenvalue weighted by atomic mass is 16.2. The lowest BCUT2D eigenvalue weighted by molar-refractivity contribution is -0.123. The molecule has 1 rings (SSSR count). The van der Waals surface area contributed by atoms with Crippen molar-refractivity contribution in [2.45, 2.75) is 32.2 Å². The molecule has 0 aliphatic carbocycles. The molecule has 0 radical (unpaired) electrons. The molecule has 0 aromatic rings. The molecule has 3 N–H and O–H groups in total. The normalized spacial score (nSPS) is 22.4. The van der Waals surface area contributed by atoms with Gasteiger partial charge in [-0.15, -0.1) is 0 Å². The van der Waals surface area contributed by atoms with E-state index in [4.69, 9.17) is 0 Å². The second kappa shape index (κ2) is 5.59. The zero-order valence-electron chi connectivity index (χ0n) is 8.43. The van der Waals surface area contributed by atoms with Gasteiger partial charge in [-0.05, 0) is 19.3 Å². The van der Waals surface area contributed by atoms with E-state index in [1.54, 1.807) is 0 Å². The number of hydrogen-bond acceptors (Lipinski definition) is 3. The van der Waals surface area contributed by atoms with Crippen LogP contribution in [-0.4, -0.2) is 31.1 Å². The first-order chi connectivity index (χ1) is 6.70. The van der Waals surface area contributed by atoms with Crippen LogP contribution in [0.5, 0.6) is 0 Å². The number of nitrogens with one attached hydrogen (secondary N) is 3. The monoisotopic (exact) mass is 199 g/mol. The molecule has 0 bridgehead atoms. The molecule has 1 aliphatic heterocycles. The van der Waals surface area contributed by atoms with Crippen molar-refractivity contribution in [3.05, 3.63) is 0 Å². The fraction of sp³-hybridized carbons (Fsp3) is 0.778. The Balaban J connectivity index is 2.26. The van der Waals surface area contributed by atoms with Crippen LogP contribution in [0.3, 0.4) is 0 Å². The number of rotatable bonds is 3. The summed E-state index contributed by atoms with van der Waals surface area (Å²) in [6.45, 7) is 2.57. The first-order valence-corrected chi connectivity index (χ1v) is 4.95. The molecular weight excluding hydrogens is 182 g/mol. The summed E-state index contributed by atoms with van der Waals surface area (Å²) in [4.78, 5) is 22.0. The number of carbonyl (C=O) groups is 2. The van der Waals surface area contributed by atoms with Gasteiger partial charge in [-0.1, -0.05) is 0 Å². The van der Waals surface area contributed by atoms with E-state index in [9.17, 15) is 9.59 Å². The highest BCUT2D eigenvalue weighted by molar-refractivity contribution is 5.82.